The number of nitrogens with two attached hydrogens (primary N) is 2. The third-order valence-corrected chi connectivity index (χ3v) is 10.7. The van der Waals surface area contributed by atoms with E-state index in [1.807, 2.05) is 0 Å². The Labute approximate surface area is 250 Å². The maximum absolute atomic E-state index is 15.8. The number of hydrogen-bond donors (Lipinski definition) is 5. The van der Waals surface area contributed by atoms with Crippen LogP contribution in [0.2, 0.25) is 0 Å². The van der Waals surface area contributed by atoms with Crippen LogP contribution in [0.3, 0.4) is 0 Å². The highest BCUT2D eigenvalue weighted by atomic mass is 31.2. The van der Waals surface area contributed by atoms with Gasteiger partial charge in [-0.05, 0) is 12.3 Å². The number of nitrogens with zero attached hydrogens (tertiary/aromatic N) is 7. The molecule has 240 valence electrons. The molecular formula is C22H25FN10O10P2. The first-order valence-corrected chi connectivity index (χ1v) is 16.3. The number of nitrogen functional groups attached to an aromatic ring is 2. The fourth-order valence-corrected chi connectivity index (χ4v) is 8.69. The lowest BCUT2D eigenvalue weighted by molar-refractivity contribution is -0.0580. The Kier molecular flexibility index (Phi) is 6.49. The number of halogens is 1. The minimum Gasteiger partial charge on any atom is -0.388 e. The molecule has 2 bridgehead atoms. The summed E-state index contributed by atoms with van der Waals surface area (Å²) in [7, 11) is -8.46. The molecule has 20 nitrogen and oxygen atoms in total. The summed E-state index contributed by atoms with van der Waals surface area (Å²) < 4.78 is 72.6. The van der Waals surface area contributed by atoms with Crippen LogP contribution in [0.5, 0.6) is 0 Å². The predicted molar refractivity (Wildman–Crippen MR) is 147 cm³/mol. The van der Waals surface area contributed by atoms with Crippen LogP contribution >= 0.6 is 16.1 Å². The largest absolute Gasteiger partial charge is 0.472 e. The summed E-state index contributed by atoms with van der Waals surface area (Å²) >= 11 is 0. The Morgan fingerprint density at radius 1 is 1.16 bits per heavy atom. The predicted octanol–water partition coefficient (Wildman–Crippen LogP) is -0.411. The summed E-state index contributed by atoms with van der Waals surface area (Å²) in [6.45, 7) is -1.12. The monoisotopic (exact) mass is 670 g/mol. The number of hydrogen-bond acceptors (Lipinski definition) is 16. The number of H-pyrrole nitrogens is 1. The van der Waals surface area contributed by atoms with Crippen molar-refractivity contribution in [1.29, 1.82) is 0 Å². The second-order valence-corrected chi connectivity index (χ2v) is 13.7. The van der Waals surface area contributed by atoms with Crippen LogP contribution in [-0.2, 0) is 32.0 Å². The van der Waals surface area contributed by atoms with Gasteiger partial charge in [-0.3, -0.25) is 28.0 Å². The van der Waals surface area contributed by atoms with Crippen molar-refractivity contribution in [1.82, 2.24) is 39.0 Å². The fraction of sp³-hybridized carbons (Fsp3) is 0.545. The molecule has 4 aliphatic rings. The normalized spacial score (nSPS) is 40.0. The number of rotatable bonds is 2. The number of nitrogens with one attached hydrogen (secondary N) is 1. The number of aromatic nitrogens is 8. The number of alkyl halides is 1. The summed E-state index contributed by atoms with van der Waals surface area (Å²) in [4.78, 5) is 45.8. The maximum Gasteiger partial charge on any atom is 0.472 e. The molecule has 7 N–H and O–H groups in total. The molecule has 2 aliphatic carbocycles. The molecule has 45 heavy (non-hydrogen) atoms. The Morgan fingerprint density at radius 3 is 2.76 bits per heavy atom. The van der Waals surface area contributed by atoms with Crippen molar-refractivity contribution in [3.05, 3.63) is 29.3 Å². The highest BCUT2D eigenvalue weighted by Crippen LogP contribution is 2.71. The molecule has 4 aromatic rings. The second kappa shape index (κ2) is 10.1. The minimum absolute atomic E-state index is 0.108. The third kappa shape index (κ3) is 4.45. The summed E-state index contributed by atoms with van der Waals surface area (Å²) in [5, 5.41) is 11.4. The van der Waals surface area contributed by atoms with Crippen molar-refractivity contribution >= 4 is 50.2 Å². The summed E-state index contributed by atoms with van der Waals surface area (Å²) in [6.07, 6.45) is -5.29. The maximum atomic E-state index is 15.8. The zero-order valence-electron chi connectivity index (χ0n) is 22.7. The highest BCUT2D eigenvalue weighted by molar-refractivity contribution is 7.47. The second-order valence-electron chi connectivity index (χ2n) is 11.3. The van der Waals surface area contributed by atoms with E-state index >= 15 is 4.39 Å². The molecule has 23 heteroatoms. The molecule has 0 radical (unpaired) electrons. The Hall–Kier alpha value is -3.39. The fourth-order valence-electron chi connectivity index (χ4n) is 6.75. The van der Waals surface area contributed by atoms with E-state index in [-0.39, 0.29) is 22.9 Å². The molecule has 0 amide bonds. The SMILES string of the molecule is Nc1nc2c(ncn2[C@@H]2O[C@@H]3CO[PH](=O)O[C@H]4[C@@H](O)[C@H](n5cnc6c(N)ncnc65)C5C[C@]54COP(=O)(O)O[C@@H]2[C@@H]3F)c(=O)[nH]1. The molecule has 2 saturated carbocycles. The zero-order valence-corrected chi connectivity index (χ0v) is 24.6. The van der Waals surface area contributed by atoms with Gasteiger partial charge in [0.1, 0.15) is 36.3 Å². The number of imidazole rings is 2. The quantitative estimate of drug-likeness (QED) is 0.169. The van der Waals surface area contributed by atoms with E-state index in [4.69, 9.17) is 34.3 Å². The van der Waals surface area contributed by atoms with Crippen molar-refractivity contribution in [3.63, 3.8) is 0 Å². The van der Waals surface area contributed by atoms with E-state index in [1.54, 1.807) is 4.57 Å². The summed E-state index contributed by atoms with van der Waals surface area (Å²) in [5.41, 5.74) is 10.2. The van der Waals surface area contributed by atoms with Crippen molar-refractivity contribution in [2.45, 2.75) is 49.3 Å². The van der Waals surface area contributed by atoms with Crippen LogP contribution in [0.1, 0.15) is 18.7 Å². The van der Waals surface area contributed by atoms with Gasteiger partial charge in [0, 0.05) is 5.41 Å². The van der Waals surface area contributed by atoms with E-state index in [0.717, 1.165) is 10.9 Å². The van der Waals surface area contributed by atoms with Crippen LogP contribution < -0.4 is 17.0 Å². The number of aliphatic hydroxyl groups excluding tert-OH is 1. The van der Waals surface area contributed by atoms with Gasteiger partial charge < -0.3 is 39.8 Å². The number of aromatic amines is 1. The van der Waals surface area contributed by atoms with E-state index in [2.05, 4.69) is 29.9 Å². The number of aliphatic hydroxyl groups is 1. The standard InChI is InChI=1S/C22H25FN10O10P2/c23-9-8-2-39-44(36)42-15-13(34)12(32-5-28-10-16(24)26-4-27-17(10)32)7-1-22(7,15)3-40-45(37,38)43-14(9)20(41-8)33-6-29-11-18(33)30-21(25)31-19(11)35/h4-9,12-15,20,34,44H,1-3H2,(H,37,38)(H2,24,26,27)(H3,25,30,31,35)/t7?,8-,9-,12-,13+,14-,15+,20-,22+/m1/s1. The minimum atomic E-state index is -5.05. The smallest absolute Gasteiger partial charge is 0.388 e. The number of fused-ring (bicyclic) bond motifs is 4. The first-order valence-electron chi connectivity index (χ1n) is 13.6. The lowest BCUT2D eigenvalue weighted by Crippen LogP contribution is -2.37. The van der Waals surface area contributed by atoms with Gasteiger partial charge in [-0.15, -0.1) is 0 Å². The van der Waals surface area contributed by atoms with Gasteiger partial charge in [0.05, 0.1) is 31.9 Å². The molecule has 2 saturated heterocycles. The molecular weight excluding hydrogens is 645 g/mol. The molecule has 8 rings (SSSR count). The third-order valence-electron chi connectivity index (χ3n) is 8.85. The van der Waals surface area contributed by atoms with Gasteiger partial charge in [0.2, 0.25) is 5.95 Å². The van der Waals surface area contributed by atoms with Gasteiger partial charge in [0.25, 0.3) is 5.56 Å². The zero-order chi connectivity index (χ0) is 31.4. The molecule has 1 spiro atoms. The van der Waals surface area contributed by atoms with Crippen LogP contribution in [0.25, 0.3) is 22.3 Å². The molecule has 4 fully saturated rings. The van der Waals surface area contributed by atoms with E-state index in [9.17, 15) is 23.9 Å². The average Bonchev–Trinajstić information content (AvgIpc) is 3.26. The topological polar surface area (TPSA) is 280 Å². The van der Waals surface area contributed by atoms with E-state index < -0.39 is 89.0 Å². The van der Waals surface area contributed by atoms with Crippen molar-refractivity contribution in [3.8, 4) is 0 Å². The highest BCUT2D eigenvalue weighted by Gasteiger charge is 2.73. The van der Waals surface area contributed by atoms with Gasteiger partial charge in [-0.1, -0.05) is 0 Å². The number of phosphoric ester groups is 1. The lowest BCUT2D eigenvalue weighted by atomic mass is 10.0. The Balaban J connectivity index is 1.12. The Bertz CT molecular complexity index is 1980. The lowest BCUT2D eigenvalue weighted by Gasteiger charge is -2.29. The number of anilines is 2. The van der Waals surface area contributed by atoms with Crippen molar-refractivity contribution in [2.24, 2.45) is 11.3 Å². The van der Waals surface area contributed by atoms with Crippen LogP contribution in [0.15, 0.2) is 23.8 Å². The first kappa shape index (κ1) is 29.0. The van der Waals surface area contributed by atoms with Crippen LogP contribution in [-0.4, -0.2) is 92.8 Å². The van der Waals surface area contributed by atoms with Gasteiger partial charge in [-0.2, -0.15) is 4.98 Å². The van der Waals surface area contributed by atoms with Crippen LogP contribution in [0, 0.1) is 11.3 Å². The van der Waals surface area contributed by atoms with E-state index in [0.29, 0.717) is 17.6 Å². The van der Waals surface area contributed by atoms with Crippen molar-refractivity contribution < 1.29 is 46.4 Å². The average molecular weight is 670 g/mol. The van der Waals surface area contributed by atoms with E-state index in [1.165, 1.54) is 12.7 Å². The molecule has 6 heterocycles. The molecule has 11 atom stereocenters. The van der Waals surface area contributed by atoms with Gasteiger partial charge >= 0.3 is 16.1 Å². The van der Waals surface area contributed by atoms with Crippen molar-refractivity contribution in [2.75, 3.05) is 24.7 Å². The molecule has 0 aromatic carbocycles. The molecule has 4 aromatic heterocycles. The summed E-state index contributed by atoms with van der Waals surface area (Å²) in [6, 6.07) is -0.726. The molecule has 2 aliphatic heterocycles. The van der Waals surface area contributed by atoms with Gasteiger partial charge in [0.15, 0.2) is 35.0 Å². The first-order chi connectivity index (χ1) is 21.5. The molecule has 3 unspecified atom stereocenters. The van der Waals surface area contributed by atoms with Gasteiger partial charge in [-0.25, -0.2) is 28.9 Å². The summed E-state index contributed by atoms with van der Waals surface area (Å²) in [5.74, 6) is -0.550. The number of phosphoric acid groups is 1. The Morgan fingerprint density at radius 2 is 1.93 bits per heavy atom. The number of ether oxygens (including phenoxy) is 1. The van der Waals surface area contributed by atoms with Crippen LogP contribution in [0.4, 0.5) is 16.2 Å².